The van der Waals surface area contributed by atoms with E-state index in [9.17, 15) is 23.5 Å². The van der Waals surface area contributed by atoms with Crippen LogP contribution in [0.5, 0.6) is 5.75 Å². The van der Waals surface area contributed by atoms with Crippen LogP contribution >= 0.6 is 11.6 Å². The Morgan fingerprint density at radius 3 is 2.45 bits per heavy atom. The van der Waals surface area contributed by atoms with Gasteiger partial charge in [-0.2, -0.15) is 0 Å². The minimum absolute atomic E-state index is 0.112. The van der Waals surface area contributed by atoms with E-state index in [4.69, 9.17) is 16.3 Å². The van der Waals surface area contributed by atoms with Crippen molar-refractivity contribution in [2.75, 3.05) is 5.32 Å². The van der Waals surface area contributed by atoms with E-state index in [1.165, 1.54) is 19.9 Å². The monoisotopic (exact) mass is 476 g/mol. The molecule has 0 aliphatic carbocycles. The molecule has 0 aliphatic heterocycles. The molecule has 33 heavy (non-hydrogen) atoms. The predicted molar refractivity (Wildman–Crippen MR) is 122 cm³/mol. The van der Waals surface area contributed by atoms with Crippen molar-refractivity contribution in [2.45, 2.75) is 39.4 Å². The minimum Gasteiger partial charge on any atom is -0.487 e. The van der Waals surface area contributed by atoms with Gasteiger partial charge in [-0.15, -0.1) is 0 Å². The number of amides is 1. The number of nitrogens with one attached hydrogen (secondary N) is 2. The lowest BCUT2D eigenvalue weighted by atomic mass is 10.0. The number of aromatic amines is 1. The van der Waals surface area contributed by atoms with Crippen LogP contribution in [-0.4, -0.2) is 21.6 Å². The summed E-state index contributed by atoms with van der Waals surface area (Å²) in [6.07, 6.45) is 0.323. The third kappa shape index (κ3) is 5.97. The van der Waals surface area contributed by atoms with Gasteiger partial charge in [0.15, 0.2) is 0 Å². The smallest absolute Gasteiger partial charge is 0.270 e. The molecule has 1 aromatic heterocycles. The van der Waals surface area contributed by atoms with Crippen LogP contribution in [0.15, 0.2) is 47.3 Å². The maximum Gasteiger partial charge on any atom is 0.270 e. The van der Waals surface area contributed by atoms with Gasteiger partial charge in [-0.05, 0) is 50.6 Å². The molecular weight excluding hydrogens is 454 g/mol. The topological polar surface area (TPSA) is 91.4 Å². The molecule has 0 atom stereocenters. The Hall–Kier alpha value is -3.23. The van der Waals surface area contributed by atoms with Crippen molar-refractivity contribution in [3.05, 3.63) is 91.9 Å². The number of aromatic nitrogens is 1. The zero-order chi connectivity index (χ0) is 24.3. The van der Waals surface area contributed by atoms with E-state index in [1.807, 2.05) is 0 Å². The number of hydrogen-bond donors (Lipinski definition) is 3. The number of aryl methyl sites for hydroxylation is 1. The number of H-pyrrole nitrogens is 1. The fraction of sp³-hybridized carbons (Fsp3) is 0.250. The molecule has 1 amide bonds. The van der Waals surface area contributed by atoms with Gasteiger partial charge >= 0.3 is 0 Å². The second kappa shape index (κ2) is 9.72. The van der Waals surface area contributed by atoms with E-state index < -0.39 is 28.7 Å². The van der Waals surface area contributed by atoms with Crippen LogP contribution in [0.4, 0.5) is 14.5 Å². The summed E-state index contributed by atoms with van der Waals surface area (Å²) in [6, 6.07) is 10.0. The first-order chi connectivity index (χ1) is 15.5. The van der Waals surface area contributed by atoms with Gasteiger partial charge in [0.1, 0.15) is 34.6 Å². The van der Waals surface area contributed by atoms with Gasteiger partial charge in [-0.25, -0.2) is 8.78 Å². The first kappa shape index (κ1) is 24.4. The fourth-order valence-corrected chi connectivity index (χ4v) is 3.27. The van der Waals surface area contributed by atoms with Crippen molar-refractivity contribution >= 4 is 23.2 Å². The highest BCUT2D eigenvalue weighted by atomic mass is 35.5. The number of carbonyl (C=O) groups excluding carboxylic acids is 1. The number of pyridine rings is 1. The summed E-state index contributed by atoms with van der Waals surface area (Å²) in [5, 5.41) is 12.2. The van der Waals surface area contributed by atoms with Gasteiger partial charge in [0.25, 0.3) is 11.5 Å². The van der Waals surface area contributed by atoms with Crippen LogP contribution in [0.3, 0.4) is 0 Å². The highest BCUT2D eigenvalue weighted by molar-refractivity contribution is 6.32. The van der Waals surface area contributed by atoms with E-state index in [0.29, 0.717) is 23.4 Å². The van der Waals surface area contributed by atoms with E-state index >= 15 is 0 Å². The standard InChI is InChI=1S/C24H23ClF2N2O4/c1-13-18(10-14-4-8-17(9-5-14)29-23(31)24(2,3)32)21(20(25)22(30)28-13)33-12-15-6-7-16(26)11-19(15)27/h4-9,11,32H,10,12H2,1-3H3,(H,28,30)(H,29,31). The summed E-state index contributed by atoms with van der Waals surface area (Å²) in [4.78, 5) is 26.8. The zero-order valence-corrected chi connectivity index (χ0v) is 19.0. The average Bonchev–Trinajstić information content (AvgIpc) is 2.73. The van der Waals surface area contributed by atoms with Crippen LogP contribution in [0, 0.1) is 18.6 Å². The van der Waals surface area contributed by atoms with Gasteiger partial charge in [-0.1, -0.05) is 23.7 Å². The highest BCUT2D eigenvalue weighted by Gasteiger charge is 2.23. The van der Waals surface area contributed by atoms with Crippen molar-refractivity contribution in [1.29, 1.82) is 0 Å². The molecule has 1 heterocycles. The van der Waals surface area contributed by atoms with E-state index in [1.54, 1.807) is 31.2 Å². The molecule has 3 N–H and O–H groups in total. The van der Waals surface area contributed by atoms with Crippen LogP contribution in [0.1, 0.15) is 36.2 Å². The molecule has 9 heteroatoms. The number of anilines is 1. The second-order valence-electron chi connectivity index (χ2n) is 8.11. The third-order valence-electron chi connectivity index (χ3n) is 4.96. The van der Waals surface area contributed by atoms with Crippen LogP contribution < -0.4 is 15.6 Å². The van der Waals surface area contributed by atoms with Crippen molar-refractivity contribution in [1.82, 2.24) is 4.98 Å². The molecule has 3 rings (SSSR count). The molecule has 3 aromatic rings. The van der Waals surface area contributed by atoms with Crippen molar-refractivity contribution < 1.29 is 23.4 Å². The Balaban J connectivity index is 1.85. The van der Waals surface area contributed by atoms with Gasteiger partial charge in [0, 0.05) is 35.0 Å². The highest BCUT2D eigenvalue weighted by Crippen LogP contribution is 2.31. The number of halogens is 3. The van der Waals surface area contributed by atoms with E-state index in [2.05, 4.69) is 10.3 Å². The summed E-state index contributed by atoms with van der Waals surface area (Å²) in [7, 11) is 0. The van der Waals surface area contributed by atoms with Gasteiger partial charge in [0.2, 0.25) is 0 Å². The molecule has 6 nitrogen and oxygen atoms in total. The van der Waals surface area contributed by atoms with Gasteiger partial charge in [-0.3, -0.25) is 9.59 Å². The lowest BCUT2D eigenvalue weighted by Crippen LogP contribution is -2.36. The first-order valence-electron chi connectivity index (χ1n) is 10.1. The van der Waals surface area contributed by atoms with Crippen molar-refractivity contribution in [2.24, 2.45) is 0 Å². The van der Waals surface area contributed by atoms with Crippen LogP contribution in [0.2, 0.25) is 5.02 Å². The molecule has 0 spiro atoms. The second-order valence-corrected chi connectivity index (χ2v) is 8.49. The average molecular weight is 477 g/mol. The molecule has 0 saturated carbocycles. The number of aliphatic hydroxyl groups is 1. The molecule has 2 aromatic carbocycles. The molecule has 0 fully saturated rings. The van der Waals surface area contributed by atoms with Gasteiger partial charge in [0.05, 0.1) is 0 Å². The number of ether oxygens (including phenoxy) is 1. The molecular formula is C24H23ClF2N2O4. The summed E-state index contributed by atoms with van der Waals surface area (Å²) in [6.45, 7) is 4.22. The largest absolute Gasteiger partial charge is 0.487 e. The molecule has 0 bridgehead atoms. The summed E-state index contributed by atoms with van der Waals surface area (Å²) in [5.74, 6) is -1.90. The Bertz CT molecular complexity index is 1230. The maximum atomic E-state index is 14.0. The predicted octanol–water partition coefficient (Wildman–Crippen LogP) is 4.49. The normalized spacial score (nSPS) is 11.4. The number of benzene rings is 2. The third-order valence-corrected chi connectivity index (χ3v) is 5.31. The number of carbonyl (C=O) groups is 1. The summed E-state index contributed by atoms with van der Waals surface area (Å²) < 4.78 is 32.9. The molecule has 174 valence electrons. The molecule has 0 aliphatic rings. The number of rotatable bonds is 7. The molecule has 0 unspecified atom stereocenters. The number of hydrogen-bond acceptors (Lipinski definition) is 4. The van der Waals surface area contributed by atoms with Crippen molar-refractivity contribution in [3.8, 4) is 5.75 Å². The minimum atomic E-state index is -1.52. The Morgan fingerprint density at radius 1 is 1.18 bits per heavy atom. The molecule has 0 radical (unpaired) electrons. The fourth-order valence-electron chi connectivity index (χ4n) is 3.05. The zero-order valence-electron chi connectivity index (χ0n) is 18.3. The van der Waals surface area contributed by atoms with E-state index in [-0.39, 0.29) is 22.9 Å². The Morgan fingerprint density at radius 2 is 1.85 bits per heavy atom. The first-order valence-corrected chi connectivity index (χ1v) is 10.4. The maximum absolute atomic E-state index is 14.0. The summed E-state index contributed by atoms with van der Waals surface area (Å²) >= 11 is 6.20. The van der Waals surface area contributed by atoms with Crippen molar-refractivity contribution in [3.63, 3.8) is 0 Å². The Labute approximate surface area is 194 Å². The quantitative estimate of drug-likeness (QED) is 0.468. The SMILES string of the molecule is Cc1[nH]c(=O)c(Cl)c(OCc2ccc(F)cc2F)c1Cc1ccc(NC(=O)C(C)(C)O)cc1. The van der Waals surface area contributed by atoms with Gasteiger partial charge < -0.3 is 20.1 Å². The lowest BCUT2D eigenvalue weighted by Gasteiger charge is -2.17. The van der Waals surface area contributed by atoms with E-state index in [0.717, 1.165) is 17.7 Å². The molecule has 0 saturated heterocycles. The Kier molecular flexibility index (Phi) is 7.19. The summed E-state index contributed by atoms with van der Waals surface area (Å²) in [5.41, 5.74) is 0.499. The van der Waals surface area contributed by atoms with Crippen LogP contribution in [-0.2, 0) is 17.8 Å². The lowest BCUT2D eigenvalue weighted by molar-refractivity contribution is -0.130. The van der Waals surface area contributed by atoms with Crippen LogP contribution in [0.25, 0.3) is 0 Å².